The predicted molar refractivity (Wildman–Crippen MR) is 112 cm³/mol. The van der Waals surface area contributed by atoms with Gasteiger partial charge in [-0.25, -0.2) is 4.98 Å². The molecule has 0 radical (unpaired) electrons. The number of pyridine rings is 1. The lowest BCUT2D eigenvalue weighted by atomic mass is 10.1. The molecule has 3 rings (SSSR count). The number of hydrogen-bond donors (Lipinski definition) is 3. The van der Waals surface area contributed by atoms with Crippen LogP contribution in [0.15, 0.2) is 60.8 Å². The molecule has 0 saturated heterocycles. The Hall–Kier alpha value is -2.70. The number of hydrogen-bond acceptors (Lipinski definition) is 4. The minimum absolute atomic E-state index is 0.582. The number of benzene rings is 2. The zero-order chi connectivity index (χ0) is 18.2. The second kappa shape index (κ2) is 9.12. The van der Waals surface area contributed by atoms with Crippen molar-refractivity contribution in [2.45, 2.75) is 6.42 Å². The van der Waals surface area contributed by atoms with Crippen molar-refractivity contribution < 1.29 is 4.74 Å². The summed E-state index contributed by atoms with van der Waals surface area (Å²) < 4.78 is 5.01. The summed E-state index contributed by atoms with van der Waals surface area (Å²) in [6, 6.07) is 18.4. The summed E-state index contributed by atoms with van der Waals surface area (Å²) >= 11 is 5.26. The van der Waals surface area contributed by atoms with Crippen LogP contribution in [0.2, 0.25) is 0 Å². The van der Waals surface area contributed by atoms with Gasteiger partial charge in [0.25, 0.3) is 0 Å². The van der Waals surface area contributed by atoms with Gasteiger partial charge in [0.2, 0.25) is 0 Å². The van der Waals surface area contributed by atoms with Crippen LogP contribution in [-0.2, 0) is 4.74 Å². The number of ether oxygens (including phenoxy) is 1. The zero-order valence-electron chi connectivity index (χ0n) is 14.7. The second-order valence-electron chi connectivity index (χ2n) is 5.85. The Labute approximate surface area is 158 Å². The molecule has 134 valence electrons. The minimum atomic E-state index is 0.582. The Morgan fingerprint density at radius 2 is 1.85 bits per heavy atom. The van der Waals surface area contributed by atoms with Gasteiger partial charge in [0, 0.05) is 25.9 Å². The summed E-state index contributed by atoms with van der Waals surface area (Å²) in [6.07, 6.45) is 2.66. The van der Waals surface area contributed by atoms with Gasteiger partial charge in [0.15, 0.2) is 5.11 Å². The molecule has 2 aromatic carbocycles. The van der Waals surface area contributed by atoms with Gasteiger partial charge in [-0.05, 0) is 53.7 Å². The van der Waals surface area contributed by atoms with Crippen molar-refractivity contribution in [3.63, 3.8) is 0 Å². The molecular weight excluding hydrogens is 344 g/mol. The topological polar surface area (TPSA) is 58.2 Å². The van der Waals surface area contributed by atoms with Crippen molar-refractivity contribution in [2.75, 3.05) is 30.9 Å². The first-order chi connectivity index (χ1) is 12.7. The van der Waals surface area contributed by atoms with E-state index in [1.54, 1.807) is 13.3 Å². The van der Waals surface area contributed by atoms with E-state index in [2.05, 4.69) is 51.3 Å². The smallest absolute Gasteiger partial charge is 0.170 e. The molecule has 0 unspecified atom stereocenters. The third-order valence-electron chi connectivity index (χ3n) is 3.85. The van der Waals surface area contributed by atoms with E-state index in [4.69, 9.17) is 17.0 Å². The number of aromatic nitrogens is 1. The van der Waals surface area contributed by atoms with Crippen molar-refractivity contribution in [3.8, 4) is 0 Å². The monoisotopic (exact) mass is 366 g/mol. The van der Waals surface area contributed by atoms with E-state index in [-0.39, 0.29) is 0 Å². The molecular formula is C20H22N4OS. The molecule has 3 aromatic rings. The summed E-state index contributed by atoms with van der Waals surface area (Å²) in [5.41, 5.74) is 1.85. The Bertz CT molecular complexity index is 867. The Morgan fingerprint density at radius 3 is 2.62 bits per heavy atom. The lowest BCUT2D eigenvalue weighted by molar-refractivity contribution is 0.196. The maximum Gasteiger partial charge on any atom is 0.170 e. The van der Waals surface area contributed by atoms with Crippen molar-refractivity contribution >= 4 is 45.3 Å². The van der Waals surface area contributed by atoms with E-state index in [1.165, 1.54) is 10.8 Å². The van der Waals surface area contributed by atoms with Crippen LogP contribution in [-0.4, -0.2) is 30.4 Å². The first-order valence-electron chi connectivity index (χ1n) is 8.50. The molecule has 0 aliphatic rings. The number of rotatable bonds is 7. The first-order valence-corrected chi connectivity index (χ1v) is 8.91. The number of fused-ring (bicyclic) bond motifs is 1. The average molecular weight is 366 g/mol. The van der Waals surface area contributed by atoms with Crippen LogP contribution in [0.4, 0.5) is 17.2 Å². The fourth-order valence-electron chi connectivity index (χ4n) is 2.55. The first kappa shape index (κ1) is 18.1. The van der Waals surface area contributed by atoms with Crippen LogP contribution in [0.3, 0.4) is 0 Å². The number of methoxy groups -OCH3 is 1. The summed E-state index contributed by atoms with van der Waals surface area (Å²) in [5, 5.41) is 12.6. The summed E-state index contributed by atoms with van der Waals surface area (Å²) in [6.45, 7) is 1.49. The van der Waals surface area contributed by atoms with Gasteiger partial charge in [0.1, 0.15) is 5.82 Å². The fourth-order valence-corrected chi connectivity index (χ4v) is 2.77. The van der Waals surface area contributed by atoms with E-state index >= 15 is 0 Å². The SMILES string of the molecule is COCCCNC(=S)Nc1ccc(Nc2ccc3ccccc3c2)nc1. The van der Waals surface area contributed by atoms with Crippen LogP contribution in [0, 0.1) is 0 Å². The molecule has 0 aliphatic heterocycles. The van der Waals surface area contributed by atoms with Crippen molar-refractivity contribution in [2.24, 2.45) is 0 Å². The molecule has 0 aliphatic carbocycles. The normalized spacial score (nSPS) is 10.5. The Balaban J connectivity index is 1.56. The highest BCUT2D eigenvalue weighted by atomic mass is 32.1. The van der Waals surface area contributed by atoms with Crippen LogP contribution in [0.1, 0.15) is 6.42 Å². The number of nitrogens with zero attached hydrogens (tertiary/aromatic N) is 1. The lowest BCUT2D eigenvalue weighted by Gasteiger charge is -2.11. The van der Waals surface area contributed by atoms with E-state index in [1.807, 2.05) is 24.3 Å². The van der Waals surface area contributed by atoms with Crippen LogP contribution < -0.4 is 16.0 Å². The van der Waals surface area contributed by atoms with Crippen molar-refractivity contribution in [3.05, 3.63) is 60.8 Å². The fraction of sp³-hybridized carbons (Fsp3) is 0.200. The maximum absolute atomic E-state index is 5.26. The third kappa shape index (κ3) is 5.15. The van der Waals surface area contributed by atoms with Gasteiger partial charge in [0.05, 0.1) is 11.9 Å². The van der Waals surface area contributed by atoms with E-state index < -0.39 is 0 Å². The van der Waals surface area contributed by atoms with Gasteiger partial charge in [-0.2, -0.15) is 0 Å². The highest BCUT2D eigenvalue weighted by Gasteiger charge is 2.01. The van der Waals surface area contributed by atoms with Crippen molar-refractivity contribution in [1.29, 1.82) is 0 Å². The predicted octanol–water partition coefficient (Wildman–Crippen LogP) is 4.30. The van der Waals surface area contributed by atoms with E-state index in [9.17, 15) is 0 Å². The average Bonchev–Trinajstić information content (AvgIpc) is 2.67. The van der Waals surface area contributed by atoms with Crippen LogP contribution in [0.25, 0.3) is 10.8 Å². The molecule has 0 amide bonds. The Kier molecular flexibility index (Phi) is 6.35. The largest absolute Gasteiger partial charge is 0.385 e. The molecule has 0 fully saturated rings. The summed E-state index contributed by atoms with van der Waals surface area (Å²) in [5.74, 6) is 0.782. The molecule has 1 heterocycles. The molecule has 0 bridgehead atoms. The molecule has 0 spiro atoms. The van der Waals surface area contributed by atoms with Crippen LogP contribution in [0.5, 0.6) is 0 Å². The molecule has 1 aromatic heterocycles. The molecule has 26 heavy (non-hydrogen) atoms. The highest BCUT2D eigenvalue weighted by Crippen LogP contribution is 2.21. The number of anilines is 3. The van der Waals surface area contributed by atoms with E-state index in [0.717, 1.165) is 30.2 Å². The van der Waals surface area contributed by atoms with Gasteiger partial charge in [-0.3, -0.25) is 0 Å². The van der Waals surface area contributed by atoms with Gasteiger partial charge in [-0.15, -0.1) is 0 Å². The third-order valence-corrected chi connectivity index (χ3v) is 4.10. The van der Waals surface area contributed by atoms with Gasteiger partial charge >= 0.3 is 0 Å². The zero-order valence-corrected chi connectivity index (χ0v) is 15.5. The van der Waals surface area contributed by atoms with Crippen molar-refractivity contribution in [1.82, 2.24) is 10.3 Å². The lowest BCUT2D eigenvalue weighted by Crippen LogP contribution is -2.29. The second-order valence-corrected chi connectivity index (χ2v) is 6.25. The highest BCUT2D eigenvalue weighted by molar-refractivity contribution is 7.80. The standard InChI is InChI=1S/C20H22N4OS/c1-25-12-4-11-21-20(26)24-18-9-10-19(22-14-18)23-17-8-7-15-5-2-3-6-16(15)13-17/h2-3,5-10,13-14H,4,11-12H2,1H3,(H,22,23)(H2,21,24,26). The summed E-state index contributed by atoms with van der Waals surface area (Å²) in [4.78, 5) is 4.44. The summed E-state index contributed by atoms with van der Waals surface area (Å²) in [7, 11) is 1.69. The van der Waals surface area contributed by atoms with E-state index in [0.29, 0.717) is 11.7 Å². The number of thiocarbonyl (C=S) groups is 1. The molecule has 0 atom stereocenters. The van der Waals surface area contributed by atoms with Crippen LogP contribution >= 0.6 is 12.2 Å². The maximum atomic E-state index is 5.26. The van der Waals surface area contributed by atoms with Gasteiger partial charge < -0.3 is 20.7 Å². The van der Waals surface area contributed by atoms with Gasteiger partial charge in [-0.1, -0.05) is 30.3 Å². The Morgan fingerprint density at radius 1 is 1.04 bits per heavy atom. The quantitative estimate of drug-likeness (QED) is 0.428. The minimum Gasteiger partial charge on any atom is -0.385 e. The molecule has 5 nitrogen and oxygen atoms in total. The number of nitrogens with one attached hydrogen (secondary N) is 3. The molecule has 6 heteroatoms. The molecule has 3 N–H and O–H groups in total. The molecule has 0 saturated carbocycles.